The van der Waals surface area contributed by atoms with Crippen LogP contribution in [-0.4, -0.2) is 41.8 Å². The fourth-order valence-electron chi connectivity index (χ4n) is 4.07. The van der Waals surface area contributed by atoms with E-state index in [1.807, 2.05) is 43.3 Å². The summed E-state index contributed by atoms with van der Waals surface area (Å²) in [5.41, 5.74) is 4.47. The summed E-state index contributed by atoms with van der Waals surface area (Å²) in [4.78, 5) is 36.4. The number of hydrogen-bond donors (Lipinski definition) is 3. The lowest BCUT2D eigenvalue weighted by Crippen LogP contribution is -2.51. The molecule has 2 aromatic carbocycles. The van der Waals surface area contributed by atoms with Gasteiger partial charge in [0, 0.05) is 5.92 Å². The normalized spacial score (nSPS) is 14.1. The van der Waals surface area contributed by atoms with E-state index in [0.717, 1.165) is 28.7 Å². The number of amides is 2. The van der Waals surface area contributed by atoms with Gasteiger partial charge in [0.1, 0.15) is 18.7 Å². The third kappa shape index (κ3) is 5.28. The monoisotopic (exact) mass is 438 g/mol. The molecule has 2 aromatic rings. The molecule has 3 N–H and O–H groups in total. The molecule has 1 unspecified atom stereocenters. The molecule has 0 heterocycles. The van der Waals surface area contributed by atoms with Crippen LogP contribution in [-0.2, 0) is 14.3 Å². The number of carboxylic acid groups (broad SMARTS) is 1. The highest BCUT2D eigenvalue weighted by Crippen LogP contribution is 2.44. The third-order valence-electron chi connectivity index (χ3n) is 5.82. The van der Waals surface area contributed by atoms with Crippen LogP contribution in [0.4, 0.5) is 4.79 Å². The lowest BCUT2D eigenvalue weighted by Gasteiger charge is -2.21. The minimum Gasteiger partial charge on any atom is -0.480 e. The Labute approximate surface area is 188 Å². The average molecular weight is 439 g/mol. The van der Waals surface area contributed by atoms with Crippen molar-refractivity contribution >= 4 is 18.0 Å². The smallest absolute Gasteiger partial charge is 0.407 e. The van der Waals surface area contributed by atoms with Gasteiger partial charge in [-0.15, -0.1) is 0 Å². The Kier molecular flexibility index (Phi) is 7.87. The van der Waals surface area contributed by atoms with Crippen molar-refractivity contribution in [1.29, 1.82) is 0 Å². The molecule has 1 aliphatic rings. The summed E-state index contributed by atoms with van der Waals surface area (Å²) in [6, 6.07) is 14.3. The Hall–Kier alpha value is -3.35. The first kappa shape index (κ1) is 23.3. The van der Waals surface area contributed by atoms with E-state index in [4.69, 9.17) is 4.74 Å². The van der Waals surface area contributed by atoms with E-state index in [9.17, 15) is 19.5 Å². The van der Waals surface area contributed by atoms with Crippen LogP contribution in [0.25, 0.3) is 11.1 Å². The number of fused-ring (bicyclic) bond motifs is 3. The standard InChI is InChI=1S/C25H30N2O5/c1-3-5-14-22(24(29)30)26-23(28)21(4-2)27-25(31)32-15-20-18-12-8-6-10-16(18)17-11-7-9-13-19(17)20/h6-13,20-22H,3-5,14-15H2,1-2H3,(H,26,28)(H,27,31)(H,29,30)/t21-,22?/m1/s1. The first-order valence-electron chi connectivity index (χ1n) is 11.1. The van der Waals surface area contributed by atoms with Crippen LogP contribution in [0.15, 0.2) is 48.5 Å². The van der Waals surface area contributed by atoms with Crippen LogP contribution in [0.3, 0.4) is 0 Å². The van der Waals surface area contributed by atoms with Crippen molar-refractivity contribution in [2.75, 3.05) is 6.61 Å². The summed E-state index contributed by atoms with van der Waals surface area (Å²) in [7, 11) is 0. The second-order valence-electron chi connectivity index (χ2n) is 7.97. The Bertz CT molecular complexity index is 929. The van der Waals surface area contributed by atoms with Crippen molar-refractivity contribution in [2.45, 2.75) is 57.5 Å². The first-order chi connectivity index (χ1) is 15.5. The van der Waals surface area contributed by atoms with E-state index < -0.39 is 30.1 Å². The number of nitrogens with one attached hydrogen (secondary N) is 2. The Balaban J connectivity index is 1.60. The van der Waals surface area contributed by atoms with Crippen molar-refractivity contribution in [1.82, 2.24) is 10.6 Å². The molecule has 0 spiro atoms. The van der Waals surface area contributed by atoms with Gasteiger partial charge in [0.2, 0.25) is 5.91 Å². The number of carboxylic acids is 1. The second-order valence-corrected chi connectivity index (χ2v) is 7.97. The molecule has 32 heavy (non-hydrogen) atoms. The van der Waals surface area contributed by atoms with E-state index in [0.29, 0.717) is 19.3 Å². The molecule has 1 aliphatic carbocycles. The summed E-state index contributed by atoms with van der Waals surface area (Å²) in [5, 5.41) is 14.4. The van der Waals surface area contributed by atoms with E-state index in [-0.39, 0.29) is 12.5 Å². The van der Waals surface area contributed by atoms with E-state index in [1.54, 1.807) is 6.92 Å². The topological polar surface area (TPSA) is 105 Å². The number of carbonyl (C=O) groups excluding carboxylic acids is 2. The third-order valence-corrected chi connectivity index (χ3v) is 5.82. The molecule has 2 atom stereocenters. The average Bonchev–Trinajstić information content (AvgIpc) is 3.12. The number of rotatable bonds is 10. The van der Waals surface area contributed by atoms with Gasteiger partial charge in [0.25, 0.3) is 0 Å². The van der Waals surface area contributed by atoms with Crippen LogP contribution in [0.5, 0.6) is 0 Å². The minimum absolute atomic E-state index is 0.0764. The van der Waals surface area contributed by atoms with Crippen molar-refractivity contribution < 1.29 is 24.2 Å². The highest BCUT2D eigenvalue weighted by Gasteiger charge is 2.30. The van der Waals surface area contributed by atoms with Crippen molar-refractivity contribution in [2.24, 2.45) is 0 Å². The highest BCUT2D eigenvalue weighted by molar-refractivity contribution is 5.89. The number of benzene rings is 2. The van der Waals surface area contributed by atoms with Crippen molar-refractivity contribution in [3.05, 3.63) is 59.7 Å². The molecule has 0 aromatic heterocycles. The fourth-order valence-corrected chi connectivity index (χ4v) is 4.07. The van der Waals surface area contributed by atoms with Gasteiger partial charge in [0.05, 0.1) is 0 Å². The predicted molar refractivity (Wildman–Crippen MR) is 121 cm³/mol. The van der Waals surface area contributed by atoms with Crippen molar-refractivity contribution in [3.63, 3.8) is 0 Å². The highest BCUT2D eigenvalue weighted by atomic mass is 16.5. The number of aliphatic carboxylic acids is 1. The van der Waals surface area contributed by atoms with Gasteiger partial charge in [-0.1, -0.05) is 75.2 Å². The lowest BCUT2D eigenvalue weighted by molar-refractivity contribution is -0.142. The molecule has 0 bridgehead atoms. The van der Waals surface area contributed by atoms with Gasteiger partial charge in [-0.25, -0.2) is 9.59 Å². The molecular weight excluding hydrogens is 408 g/mol. The molecule has 0 aliphatic heterocycles. The fraction of sp³-hybridized carbons (Fsp3) is 0.400. The second kappa shape index (κ2) is 10.8. The maximum Gasteiger partial charge on any atom is 0.407 e. The summed E-state index contributed by atoms with van der Waals surface area (Å²) in [6.45, 7) is 3.84. The van der Waals surface area contributed by atoms with Crippen LogP contribution in [0.1, 0.15) is 56.6 Å². The zero-order valence-electron chi connectivity index (χ0n) is 18.5. The molecule has 7 heteroatoms. The number of ether oxygens (including phenoxy) is 1. The van der Waals surface area contributed by atoms with Gasteiger partial charge >= 0.3 is 12.1 Å². The molecule has 2 amide bonds. The predicted octanol–water partition coefficient (Wildman–Crippen LogP) is 4.06. The molecule has 170 valence electrons. The van der Waals surface area contributed by atoms with E-state index in [1.165, 1.54) is 0 Å². The minimum atomic E-state index is -1.08. The maximum absolute atomic E-state index is 12.5. The quantitative estimate of drug-likeness (QED) is 0.519. The summed E-state index contributed by atoms with van der Waals surface area (Å²) >= 11 is 0. The molecule has 0 fully saturated rings. The van der Waals surface area contributed by atoms with Crippen molar-refractivity contribution in [3.8, 4) is 11.1 Å². The Morgan fingerprint density at radius 1 is 0.938 bits per heavy atom. The van der Waals surface area contributed by atoms with Gasteiger partial charge < -0.3 is 20.5 Å². The van der Waals surface area contributed by atoms with Crippen LogP contribution >= 0.6 is 0 Å². The molecule has 3 rings (SSSR count). The molecule has 0 saturated carbocycles. The Morgan fingerprint density at radius 3 is 2.06 bits per heavy atom. The van der Waals surface area contributed by atoms with Gasteiger partial charge in [-0.05, 0) is 35.1 Å². The number of carbonyl (C=O) groups is 3. The molecule has 7 nitrogen and oxygen atoms in total. The molecule has 0 saturated heterocycles. The Morgan fingerprint density at radius 2 is 1.53 bits per heavy atom. The van der Waals surface area contributed by atoms with Gasteiger partial charge in [0.15, 0.2) is 0 Å². The van der Waals surface area contributed by atoms with Crippen LogP contribution in [0.2, 0.25) is 0 Å². The van der Waals surface area contributed by atoms with Crippen LogP contribution in [0, 0.1) is 0 Å². The summed E-state index contributed by atoms with van der Waals surface area (Å²) in [6.07, 6.45) is 1.48. The lowest BCUT2D eigenvalue weighted by atomic mass is 9.98. The number of hydrogen-bond acceptors (Lipinski definition) is 4. The number of unbranched alkanes of at least 4 members (excludes halogenated alkanes) is 1. The van der Waals surface area contributed by atoms with E-state index in [2.05, 4.69) is 22.8 Å². The molecular formula is C25H30N2O5. The maximum atomic E-state index is 12.5. The van der Waals surface area contributed by atoms with E-state index >= 15 is 0 Å². The largest absolute Gasteiger partial charge is 0.480 e. The first-order valence-corrected chi connectivity index (χ1v) is 11.1. The SMILES string of the molecule is CCCCC(NC(=O)[C@@H](CC)NC(=O)OCC1c2ccccc2-c2ccccc21)C(=O)O. The summed E-state index contributed by atoms with van der Waals surface area (Å²) < 4.78 is 5.49. The molecule has 0 radical (unpaired) electrons. The summed E-state index contributed by atoms with van der Waals surface area (Å²) in [5.74, 6) is -1.68. The van der Waals surface area contributed by atoms with Gasteiger partial charge in [-0.3, -0.25) is 4.79 Å². The van der Waals surface area contributed by atoms with Crippen LogP contribution < -0.4 is 10.6 Å². The van der Waals surface area contributed by atoms with Gasteiger partial charge in [-0.2, -0.15) is 0 Å². The zero-order valence-corrected chi connectivity index (χ0v) is 18.5. The zero-order chi connectivity index (χ0) is 23.1. The number of alkyl carbamates (subject to hydrolysis) is 1.